The van der Waals surface area contributed by atoms with Crippen LogP contribution in [0.4, 0.5) is 0 Å². The normalized spacial score (nSPS) is 10.4. The maximum atomic E-state index is 11.3. The number of aryl methyl sites for hydroxylation is 1. The zero-order valence-corrected chi connectivity index (χ0v) is 9.08. The lowest BCUT2D eigenvalue weighted by Crippen LogP contribution is -2.16. The summed E-state index contributed by atoms with van der Waals surface area (Å²) in [5.74, 6) is 0. The summed E-state index contributed by atoms with van der Waals surface area (Å²) in [7, 11) is 0. The van der Waals surface area contributed by atoms with Gasteiger partial charge in [0.25, 0.3) is 0 Å². The molecule has 0 amide bonds. The number of rotatable bonds is 1. The van der Waals surface area contributed by atoms with Crippen molar-refractivity contribution in [2.75, 3.05) is 0 Å². The van der Waals surface area contributed by atoms with E-state index in [4.69, 9.17) is 0 Å². The molecule has 0 aliphatic heterocycles. The summed E-state index contributed by atoms with van der Waals surface area (Å²) in [4.78, 5) is 13.8. The minimum Gasteiger partial charge on any atom is -0.295 e. The fourth-order valence-corrected chi connectivity index (χ4v) is 1.87. The topological polar surface area (TPSA) is 50.7 Å². The lowest BCUT2D eigenvalue weighted by molar-refractivity contribution is 0.838. The molecule has 0 radical (unpaired) electrons. The zero-order valence-electron chi connectivity index (χ0n) is 7.49. The molecule has 0 saturated heterocycles. The van der Waals surface area contributed by atoms with Crippen LogP contribution in [0.2, 0.25) is 0 Å². The summed E-state index contributed by atoms with van der Waals surface area (Å²) in [6.45, 7) is 1.99. The number of aromatic nitrogens is 3. The molecule has 1 aromatic heterocycles. The number of H-pyrrole nitrogens is 1. The van der Waals surface area contributed by atoms with Crippen LogP contribution in [0.25, 0.3) is 5.69 Å². The fraction of sp³-hybridized carbons (Fsp3) is 0.111. The van der Waals surface area contributed by atoms with Gasteiger partial charge in [-0.15, -0.1) is 0 Å². The molecule has 1 heterocycles. The van der Waals surface area contributed by atoms with Crippen LogP contribution >= 0.6 is 15.9 Å². The molecule has 0 spiro atoms. The van der Waals surface area contributed by atoms with Crippen molar-refractivity contribution in [3.8, 4) is 5.69 Å². The molecular weight excluding hydrogens is 246 g/mol. The molecule has 0 atom stereocenters. The van der Waals surface area contributed by atoms with E-state index in [0.717, 1.165) is 15.7 Å². The van der Waals surface area contributed by atoms with Gasteiger partial charge in [0.15, 0.2) is 0 Å². The first-order valence-corrected chi connectivity index (χ1v) is 4.87. The maximum Gasteiger partial charge on any atom is 0.347 e. The Kier molecular flexibility index (Phi) is 2.25. The van der Waals surface area contributed by atoms with Gasteiger partial charge in [-0.3, -0.25) is 4.98 Å². The summed E-state index contributed by atoms with van der Waals surface area (Å²) in [5, 5.41) is 3.90. The van der Waals surface area contributed by atoms with Gasteiger partial charge < -0.3 is 0 Å². The van der Waals surface area contributed by atoms with E-state index in [1.807, 2.05) is 25.1 Å². The molecule has 5 heteroatoms. The Morgan fingerprint density at radius 3 is 2.86 bits per heavy atom. The highest BCUT2D eigenvalue weighted by atomic mass is 79.9. The van der Waals surface area contributed by atoms with Crippen LogP contribution in [0.15, 0.2) is 33.8 Å². The predicted octanol–water partition coefficient (Wildman–Crippen LogP) is 1.63. The monoisotopic (exact) mass is 253 g/mol. The fourth-order valence-electron chi connectivity index (χ4n) is 1.21. The van der Waals surface area contributed by atoms with Gasteiger partial charge in [-0.25, -0.2) is 4.79 Å². The van der Waals surface area contributed by atoms with Gasteiger partial charge in [-0.1, -0.05) is 6.07 Å². The van der Waals surface area contributed by atoms with E-state index in [2.05, 4.69) is 26.0 Å². The first-order chi connectivity index (χ1) is 6.68. The molecule has 0 aliphatic carbocycles. The molecule has 2 rings (SSSR count). The Morgan fingerprint density at radius 1 is 1.50 bits per heavy atom. The SMILES string of the molecule is Cc1ccc(-n2nc[nH]c2=O)c(Br)c1. The smallest absolute Gasteiger partial charge is 0.295 e. The number of nitrogens with one attached hydrogen (secondary N) is 1. The van der Waals surface area contributed by atoms with Crippen LogP contribution in [0.1, 0.15) is 5.56 Å². The second kappa shape index (κ2) is 3.42. The van der Waals surface area contributed by atoms with Crippen LogP contribution in [0.3, 0.4) is 0 Å². The van der Waals surface area contributed by atoms with Crippen molar-refractivity contribution in [3.63, 3.8) is 0 Å². The second-order valence-electron chi connectivity index (χ2n) is 2.96. The van der Waals surface area contributed by atoms with Crippen LogP contribution in [0, 0.1) is 6.92 Å². The van der Waals surface area contributed by atoms with Crippen LogP contribution in [-0.4, -0.2) is 14.8 Å². The van der Waals surface area contributed by atoms with Gasteiger partial charge in [0, 0.05) is 4.47 Å². The van der Waals surface area contributed by atoms with E-state index in [1.54, 1.807) is 0 Å². The standard InChI is InChI=1S/C9H8BrN3O/c1-6-2-3-8(7(10)4-6)13-9(14)11-5-12-13/h2-5H,1H3,(H,11,12,14). The average Bonchev–Trinajstić information content (AvgIpc) is 2.52. The second-order valence-corrected chi connectivity index (χ2v) is 3.82. The molecular formula is C9H8BrN3O. The Bertz CT molecular complexity index is 515. The van der Waals surface area contributed by atoms with Crippen molar-refractivity contribution >= 4 is 15.9 Å². The van der Waals surface area contributed by atoms with Crippen LogP contribution < -0.4 is 5.69 Å². The van der Waals surface area contributed by atoms with E-state index in [-0.39, 0.29) is 5.69 Å². The summed E-state index contributed by atoms with van der Waals surface area (Å²) in [6, 6.07) is 5.72. The first kappa shape index (κ1) is 9.21. The van der Waals surface area contributed by atoms with Crippen molar-refractivity contribution < 1.29 is 0 Å². The molecule has 14 heavy (non-hydrogen) atoms. The molecule has 0 saturated carbocycles. The van der Waals surface area contributed by atoms with Gasteiger partial charge in [0.1, 0.15) is 6.33 Å². The lowest BCUT2D eigenvalue weighted by atomic mass is 10.2. The van der Waals surface area contributed by atoms with Crippen LogP contribution in [0.5, 0.6) is 0 Å². The van der Waals surface area contributed by atoms with Crippen molar-refractivity contribution in [2.24, 2.45) is 0 Å². The van der Waals surface area contributed by atoms with Crippen LogP contribution in [-0.2, 0) is 0 Å². The third kappa shape index (κ3) is 1.50. The molecule has 0 bridgehead atoms. The molecule has 4 nitrogen and oxygen atoms in total. The average molecular weight is 254 g/mol. The third-order valence-electron chi connectivity index (χ3n) is 1.88. The number of nitrogens with zero attached hydrogens (tertiary/aromatic N) is 2. The largest absolute Gasteiger partial charge is 0.347 e. The molecule has 0 fully saturated rings. The van der Waals surface area contributed by atoms with Gasteiger partial charge in [0.2, 0.25) is 0 Å². The number of hydrogen-bond acceptors (Lipinski definition) is 2. The summed E-state index contributed by atoms with van der Waals surface area (Å²) in [6.07, 6.45) is 1.37. The van der Waals surface area contributed by atoms with E-state index in [9.17, 15) is 4.79 Å². The number of halogens is 1. The Morgan fingerprint density at radius 2 is 2.29 bits per heavy atom. The predicted molar refractivity (Wildman–Crippen MR) is 56.6 cm³/mol. The Balaban J connectivity index is 2.63. The molecule has 1 N–H and O–H groups in total. The third-order valence-corrected chi connectivity index (χ3v) is 2.52. The number of aromatic amines is 1. The maximum absolute atomic E-state index is 11.3. The van der Waals surface area contributed by atoms with Crippen molar-refractivity contribution in [1.29, 1.82) is 0 Å². The van der Waals surface area contributed by atoms with E-state index < -0.39 is 0 Å². The van der Waals surface area contributed by atoms with Crippen molar-refractivity contribution in [2.45, 2.75) is 6.92 Å². The summed E-state index contributed by atoms with van der Waals surface area (Å²) >= 11 is 3.39. The highest BCUT2D eigenvalue weighted by Gasteiger charge is 2.05. The quantitative estimate of drug-likeness (QED) is 0.840. The van der Waals surface area contributed by atoms with E-state index in [0.29, 0.717) is 0 Å². The number of hydrogen-bond donors (Lipinski definition) is 1. The molecule has 1 aromatic carbocycles. The van der Waals surface area contributed by atoms with Crippen molar-refractivity contribution in [3.05, 3.63) is 45.0 Å². The zero-order chi connectivity index (χ0) is 10.1. The Labute approximate surface area is 88.7 Å². The van der Waals surface area contributed by atoms with E-state index in [1.165, 1.54) is 11.0 Å². The summed E-state index contributed by atoms with van der Waals surface area (Å²) in [5.41, 5.74) is 1.63. The van der Waals surface area contributed by atoms with Gasteiger partial charge in [0.05, 0.1) is 5.69 Å². The van der Waals surface area contributed by atoms with Crippen molar-refractivity contribution in [1.82, 2.24) is 14.8 Å². The molecule has 72 valence electrons. The number of benzene rings is 1. The highest BCUT2D eigenvalue weighted by molar-refractivity contribution is 9.10. The van der Waals surface area contributed by atoms with Gasteiger partial charge in [-0.05, 0) is 40.5 Å². The lowest BCUT2D eigenvalue weighted by Gasteiger charge is -2.03. The highest BCUT2D eigenvalue weighted by Crippen LogP contribution is 2.20. The molecule has 0 unspecified atom stereocenters. The minimum atomic E-state index is -0.241. The Hall–Kier alpha value is -1.36. The minimum absolute atomic E-state index is 0.241. The summed E-state index contributed by atoms with van der Waals surface area (Å²) < 4.78 is 2.16. The van der Waals surface area contributed by atoms with E-state index >= 15 is 0 Å². The first-order valence-electron chi connectivity index (χ1n) is 4.08. The van der Waals surface area contributed by atoms with Gasteiger partial charge in [-0.2, -0.15) is 9.78 Å². The van der Waals surface area contributed by atoms with Gasteiger partial charge >= 0.3 is 5.69 Å². The molecule has 0 aliphatic rings. The molecule has 2 aromatic rings.